The van der Waals surface area contributed by atoms with Crippen LogP contribution in [0.4, 0.5) is 0 Å². The lowest BCUT2D eigenvalue weighted by atomic mass is 9.71. The van der Waals surface area contributed by atoms with Gasteiger partial charge >= 0.3 is 10.1 Å². The Morgan fingerprint density at radius 2 is 1.44 bits per heavy atom. The van der Waals surface area contributed by atoms with Gasteiger partial charge in [0.25, 0.3) is 0 Å². The molecule has 7 nitrogen and oxygen atoms in total. The molecule has 1 N–H and O–H groups in total. The number of rotatable bonds is 5. The summed E-state index contributed by atoms with van der Waals surface area (Å²) in [5.41, 5.74) is 3.75. The van der Waals surface area contributed by atoms with Crippen molar-refractivity contribution in [1.82, 2.24) is 5.32 Å². The molecule has 5 rings (SSSR count). The summed E-state index contributed by atoms with van der Waals surface area (Å²) < 4.78 is 36.3. The first-order chi connectivity index (χ1) is 16.4. The molecule has 2 aromatic rings. The molecule has 0 unspecified atom stereocenters. The quantitative estimate of drug-likeness (QED) is 0.643. The first-order valence-corrected chi connectivity index (χ1v) is 12.8. The molecule has 0 fully saturated rings. The van der Waals surface area contributed by atoms with Crippen LogP contribution >= 0.6 is 0 Å². The Balaban J connectivity index is 1.58. The van der Waals surface area contributed by atoms with Crippen LogP contribution < -0.4 is 14.2 Å². The number of allylic oxidation sites excluding steroid dienone is 4. The average Bonchev–Trinajstić information content (AvgIpc) is 2.84. The molecule has 0 spiro atoms. The van der Waals surface area contributed by atoms with Crippen LogP contribution in [0, 0.1) is 0 Å². The van der Waals surface area contributed by atoms with Gasteiger partial charge in [0.1, 0.15) is 4.90 Å². The van der Waals surface area contributed by atoms with Gasteiger partial charge in [0.15, 0.2) is 23.1 Å². The van der Waals surface area contributed by atoms with E-state index in [1.807, 2.05) is 0 Å². The van der Waals surface area contributed by atoms with Gasteiger partial charge in [0.05, 0.1) is 7.11 Å². The highest BCUT2D eigenvalue weighted by molar-refractivity contribution is 7.87. The van der Waals surface area contributed by atoms with Crippen LogP contribution in [-0.4, -0.2) is 27.1 Å². The van der Waals surface area contributed by atoms with E-state index in [4.69, 9.17) is 8.92 Å². The van der Waals surface area contributed by atoms with Gasteiger partial charge in [-0.25, -0.2) is 0 Å². The van der Waals surface area contributed by atoms with E-state index in [9.17, 15) is 18.0 Å². The predicted octanol–water partition coefficient (Wildman–Crippen LogP) is 4.16. The molecule has 0 bridgehead atoms. The number of hydrogen-bond donors (Lipinski definition) is 1. The highest BCUT2D eigenvalue weighted by atomic mass is 32.2. The van der Waals surface area contributed by atoms with E-state index in [0.717, 1.165) is 37.1 Å². The maximum atomic E-state index is 13.0. The number of nitrogens with one attached hydrogen (secondary N) is 1. The lowest BCUT2D eigenvalue weighted by molar-refractivity contribution is -0.117. The first kappa shape index (κ1) is 22.4. The molecule has 0 saturated heterocycles. The number of methoxy groups -OCH3 is 1. The Morgan fingerprint density at radius 3 is 2.03 bits per heavy atom. The topological polar surface area (TPSA) is 98.8 Å². The van der Waals surface area contributed by atoms with E-state index < -0.39 is 16.0 Å². The average molecular weight is 480 g/mol. The largest absolute Gasteiger partial charge is 0.493 e. The minimum absolute atomic E-state index is 0.0321. The minimum Gasteiger partial charge on any atom is -0.493 e. The molecule has 0 saturated carbocycles. The summed E-state index contributed by atoms with van der Waals surface area (Å²) in [6.07, 6.45) is 3.97. The highest BCUT2D eigenvalue weighted by Crippen LogP contribution is 2.46. The van der Waals surface area contributed by atoms with E-state index in [0.29, 0.717) is 29.6 Å². The van der Waals surface area contributed by atoms with E-state index in [-0.39, 0.29) is 28.0 Å². The monoisotopic (exact) mass is 479 g/mol. The number of ketones is 2. The molecule has 34 heavy (non-hydrogen) atoms. The summed E-state index contributed by atoms with van der Waals surface area (Å²) in [5, 5.41) is 3.39. The third kappa shape index (κ3) is 3.92. The summed E-state index contributed by atoms with van der Waals surface area (Å²) in [5.74, 6) is -0.173. The second kappa shape index (κ2) is 8.76. The number of Topliss-reactive ketones (excluding diaryl/α,β-unsaturated/α-hetero) is 2. The van der Waals surface area contributed by atoms with Crippen molar-refractivity contribution in [1.29, 1.82) is 0 Å². The van der Waals surface area contributed by atoms with Crippen molar-refractivity contribution in [2.75, 3.05) is 7.11 Å². The van der Waals surface area contributed by atoms with Crippen molar-refractivity contribution in [2.24, 2.45) is 0 Å². The van der Waals surface area contributed by atoms with Gasteiger partial charge < -0.3 is 14.2 Å². The number of dihydropyridines is 1. The molecule has 3 aliphatic rings. The van der Waals surface area contributed by atoms with Crippen molar-refractivity contribution in [3.8, 4) is 11.5 Å². The molecule has 1 aliphatic heterocycles. The van der Waals surface area contributed by atoms with Crippen molar-refractivity contribution in [3.05, 3.63) is 76.6 Å². The Bertz CT molecular complexity index is 1300. The summed E-state index contributed by atoms with van der Waals surface area (Å²) in [4.78, 5) is 26.0. The maximum Gasteiger partial charge on any atom is 0.339 e. The first-order valence-electron chi connectivity index (χ1n) is 11.4. The van der Waals surface area contributed by atoms with Gasteiger partial charge in [-0.05, 0) is 55.5 Å². The van der Waals surface area contributed by atoms with Crippen LogP contribution in [0.5, 0.6) is 11.5 Å². The third-order valence-corrected chi connectivity index (χ3v) is 7.79. The van der Waals surface area contributed by atoms with Crippen LogP contribution in [0.1, 0.15) is 50.0 Å². The predicted molar refractivity (Wildman–Crippen MR) is 125 cm³/mol. The third-order valence-electron chi connectivity index (χ3n) is 6.54. The van der Waals surface area contributed by atoms with Gasteiger partial charge in [0.2, 0.25) is 0 Å². The van der Waals surface area contributed by atoms with Crippen LogP contribution in [0.3, 0.4) is 0 Å². The molecule has 8 heteroatoms. The molecule has 2 aliphatic carbocycles. The van der Waals surface area contributed by atoms with Crippen molar-refractivity contribution in [3.63, 3.8) is 0 Å². The van der Waals surface area contributed by atoms with E-state index in [1.54, 1.807) is 30.3 Å². The second-order valence-electron chi connectivity index (χ2n) is 8.66. The fourth-order valence-corrected chi connectivity index (χ4v) is 5.96. The Kier molecular flexibility index (Phi) is 5.77. The number of hydrogen-bond acceptors (Lipinski definition) is 7. The normalized spacial score (nSPS) is 18.9. The SMILES string of the molecule is COc1cc(C2C3=C(CCCC3=O)NC3=C2C(=O)CCC3)ccc1OS(=O)(=O)c1ccccc1. The molecule has 1 heterocycles. The van der Waals surface area contributed by atoms with Crippen molar-refractivity contribution in [2.45, 2.75) is 49.3 Å². The summed E-state index contributed by atoms with van der Waals surface area (Å²) in [7, 11) is -2.63. The number of carbonyl (C=O) groups excluding carboxylic acids is 2. The van der Waals surface area contributed by atoms with Gasteiger partial charge in [-0.1, -0.05) is 24.3 Å². The number of ether oxygens (including phenoxy) is 1. The zero-order valence-electron chi connectivity index (χ0n) is 18.8. The summed E-state index contributed by atoms with van der Waals surface area (Å²) in [6.45, 7) is 0. The Labute approximate surface area is 198 Å². The molecule has 176 valence electrons. The summed E-state index contributed by atoms with van der Waals surface area (Å²) >= 11 is 0. The van der Waals surface area contributed by atoms with Crippen molar-refractivity contribution >= 4 is 21.7 Å². The molecule has 0 aromatic heterocycles. The number of benzene rings is 2. The molecule has 0 atom stereocenters. The standard InChI is InChI=1S/C26H25NO6S/c1-32-23-15-16(13-14-22(23)33-34(30,31)17-7-3-2-4-8-17)24-25-18(9-5-11-20(25)28)27-19-10-6-12-21(29)26(19)24/h2-4,7-8,13-15,24,27H,5-6,9-12H2,1H3. The minimum atomic E-state index is -4.06. The second-order valence-corrected chi connectivity index (χ2v) is 10.2. The van der Waals surface area contributed by atoms with Crippen LogP contribution in [0.15, 0.2) is 76.0 Å². The lowest BCUT2D eigenvalue weighted by Gasteiger charge is -2.37. The van der Waals surface area contributed by atoms with E-state index in [1.165, 1.54) is 25.3 Å². The van der Waals surface area contributed by atoms with Gasteiger partial charge in [-0.3, -0.25) is 9.59 Å². The maximum absolute atomic E-state index is 13.0. The smallest absolute Gasteiger partial charge is 0.339 e. The zero-order valence-corrected chi connectivity index (χ0v) is 19.6. The lowest BCUT2D eigenvalue weighted by Crippen LogP contribution is -2.36. The highest BCUT2D eigenvalue weighted by Gasteiger charge is 2.40. The number of carbonyl (C=O) groups is 2. The van der Waals surface area contributed by atoms with E-state index in [2.05, 4.69) is 5.32 Å². The zero-order chi connectivity index (χ0) is 23.9. The molecule has 0 amide bonds. The van der Waals surface area contributed by atoms with Gasteiger partial charge in [-0.2, -0.15) is 8.42 Å². The summed E-state index contributed by atoms with van der Waals surface area (Å²) in [6, 6.07) is 12.8. The van der Waals surface area contributed by atoms with Crippen molar-refractivity contribution < 1.29 is 26.9 Å². The van der Waals surface area contributed by atoms with Crippen LogP contribution in [0.25, 0.3) is 0 Å². The van der Waals surface area contributed by atoms with E-state index >= 15 is 0 Å². The fourth-order valence-electron chi connectivity index (χ4n) is 5.00. The molecular formula is C26H25NO6S. The fraction of sp³-hybridized carbons (Fsp3) is 0.308. The van der Waals surface area contributed by atoms with Crippen LogP contribution in [-0.2, 0) is 19.7 Å². The van der Waals surface area contributed by atoms with Gasteiger partial charge in [-0.15, -0.1) is 0 Å². The Morgan fingerprint density at radius 1 is 0.824 bits per heavy atom. The van der Waals surface area contributed by atoms with Gasteiger partial charge in [0, 0.05) is 41.3 Å². The molecular weight excluding hydrogens is 454 g/mol. The van der Waals surface area contributed by atoms with Crippen LogP contribution in [0.2, 0.25) is 0 Å². The Hall–Kier alpha value is -3.39. The molecule has 0 radical (unpaired) electrons. The molecule has 2 aromatic carbocycles.